The van der Waals surface area contributed by atoms with Crippen molar-refractivity contribution < 1.29 is 14.0 Å². The molecule has 174 valence electrons. The lowest BCUT2D eigenvalue weighted by Crippen LogP contribution is -2.24. The van der Waals surface area contributed by atoms with Crippen LogP contribution < -0.4 is 16.4 Å². The first-order valence-electron chi connectivity index (χ1n) is 11.1. The molecule has 0 saturated heterocycles. The molecule has 0 spiro atoms. The summed E-state index contributed by atoms with van der Waals surface area (Å²) < 4.78 is 13.3. The van der Waals surface area contributed by atoms with Crippen molar-refractivity contribution in [3.8, 4) is 0 Å². The Morgan fingerprint density at radius 1 is 0.771 bits per heavy atom. The number of carbonyl (C=O) groups is 2. The van der Waals surface area contributed by atoms with E-state index in [2.05, 4.69) is 10.6 Å². The maximum absolute atomic E-state index is 13.3. The van der Waals surface area contributed by atoms with Gasteiger partial charge < -0.3 is 16.4 Å². The summed E-state index contributed by atoms with van der Waals surface area (Å²) in [6.07, 6.45) is 1.73. The predicted octanol–water partition coefficient (Wildman–Crippen LogP) is 5.52. The maximum Gasteiger partial charge on any atom is 0.255 e. The Kier molecular flexibility index (Phi) is 7.33. The van der Waals surface area contributed by atoms with Crippen LogP contribution in [-0.2, 0) is 11.3 Å². The highest BCUT2D eigenvalue weighted by molar-refractivity contribution is 6.24. The van der Waals surface area contributed by atoms with Crippen LogP contribution in [0, 0.1) is 5.82 Å². The van der Waals surface area contributed by atoms with Gasteiger partial charge in [-0.15, -0.1) is 0 Å². The fourth-order valence-electron chi connectivity index (χ4n) is 3.48. The fraction of sp³-hybridized carbons (Fsp3) is 0.0345. The molecular weight excluding hydrogens is 441 g/mol. The molecule has 2 amide bonds. The lowest BCUT2D eigenvalue weighted by atomic mass is 10.0. The standard InChI is InChI=1S/C29H24FN3O2/c30-24-16-12-20(13-17-24)18-25(22-6-2-1-3-7-22)29(35)32-19-21-10-14-23(15-11-21)28(34)33-27-9-5-4-8-26(27)31/h1-18H,19,31H2,(H,32,35)(H,33,34)/b25-18+. The van der Waals surface area contributed by atoms with E-state index in [4.69, 9.17) is 5.73 Å². The van der Waals surface area contributed by atoms with E-state index in [0.29, 0.717) is 22.5 Å². The normalized spacial score (nSPS) is 11.1. The number of rotatable bonds is 7. The molecule has 0 aromatic heterocycles. The zero-order chi connectivity index (χ0) is 24.6. The fourth-order valence-corrected chi connectivity index (χ4v) is 3.48. The molecule has 4 aromatic carbocycles. The van der Waals surface area contributed by atoms with Crippen LogP contribution in [-0.4, -0.2) is 11.8 Å². The van der Waals surface area contributed by atoms with Gasteiger partial charge in [0, 0.05) is 17.7 Å². The number of anilines is 2. The minimum absolute atomic E-state index is 0.262. The highest BCUT2D eigenvalue weighted by atomic mass is 19.1. The number of hydrogen-bond acceptors (Lipinski definition) is 3. The number of amides is 2. The second kappa shape index (κ2) is 10.9. The Morgan fingerprint density at radius 3 is 2.11 bits per heavy atom. The van der Waals surface area contributed by atoms with Gasteiger partial charge in [0.2, 0.25) is 0 Å². The van der Waals surface area contributed by atoms with Gasteiger partial charge in [0.05, 0.1) is 11.4 Å². The molecule has 4 aromatic rings. The van der Waals surface area contributed by atoms with Gasteiger partial charge in [-0.25, -0.2) is 4.39 Å². The maximum atomic E-state index is 13.3. The summed E-state index contributed by atoms with van der Waals surface area (Å²) in [7, 11) is 0. The summed E-state index contributed by atoms with van der Waals surface area (Å²) in [5, 5.41) is 5.72. The highest BCUT2D eigenvalue weighted by Crippen LogP contribution is 2.20. The summed E-state index contributed by atoms with van der Waals surface area (Å²) in [5.41, 5.74) is 10.2. The molecule has 35 heavy (non-hydrogen) atoms. The average Bonchev–Trinajstić information content (AvgIpc) is 2.89. The first kappa shape index (κ1) is 23.4. The van der Waals surface area contributed by atoms with Crippen LogP contribution in [0.3, 0.4) is 0 Å². The third-order valence-electron chi connectivity index (χ3n) is 5.39. The number of halogens is 1. The summed E-state index contributed by atoms with van der Waals surface area (Å²) >= 11 is 0. The number of carbonyl (C=O) groups excluding carboxylic acids is 2. The summed E-state index contributed by atoms with van der Waals surface area (Å²) in [6, 6.07) is 29.3. The molecule has 6 heteroatoms. The Labute approximate surface area is 203 Å². The number of nitrogens with one attached hydrogen (secondary N) is 2. The Hall–Kier alpha value is -4.71. The number of hydrogen-bond donors (Lipinski definition) is 3. The van der Waals surface area contributed by atoms with E-state index in [1.54, 1.807) is 66.7 Å². The van der Waals surface area contributed by atoms with Gasteiger partial charge in [0.25, 0.3) is 11.8 Å². The summed E-state index contributed by atoms with van der Waals surface area (Å²) in [5.74, 6) is -0.869. The van der Waals surface area contributed by atoms with Crippen molar-refractivity contribution in [3.63, 3.8) is 0 Å². The Balaban J connectivity index is 1.44. The molecule has 0 fully saturated rings. The lowest BCUT2D eigenvalue weighted by Gasteiger charge is -2.11. The predicted molar refractivity (Wildman–Crippen MR) is 138 cm³/mol. The van der Waals surface area contributed by atoms with E-state index in [9.17, 15) is 14.0 Å². The van der Waals surface area contributed by atoms with E-state index in [0.717, 1.165) is 16.7 Å². The zero-order valence-electron chi connectivity index (χ0n) is 18.9. The van der Waals surface area contributed by atoms with Crippen LogP contribution in [0.4, 0.5) is 15.8 Å². The smallest absolute Gasteiger partial charge is 0.255 e. The topological polar surface area (TPSA) is 84.2 Å². The number of benzene rings is 4. The van der Waals surface area contributed by atoms with Gasteiger partial charge in [-0.1, -0.05) is 66.7 Å². The molecule has 0 atom stereocenters. The first-order valence-corrected chi connectivity index (χ1v) is 11.1. The Morgan fingerprint density at radius 2 is 1.43 bits per heavy atom. The molecule has 0 aliphatic carbocycles. The second-order valence-corrected chi connectivity index (χ2v) is 7.90. The molecule has 0 unspecified atom stereocenters. The monoisotopic (exact) mass is 465 g/mol. The molecule has 0 aliphatic heterocycles. The molecule has 0 radical (unpaired) electrons. The largest absolute Gasteiger partial charge is 0.397 e. The molecule has 0 aliphatic rings. The van der Waals surface area contributed by atoms with Crippen LogP contribution in [0.2, 0.25) is 0 Å². The first-order chi connectivity index (χ1) is 17.0. The van der Waals surface area contributed by atoms with Gasteiger partial charge in [-0.2, -0.15) is 0 Å². The Bertz CT molecular complexity index is 1350. The zero-order valence-corrected chi connectivity index (χ0v) is 18.9. The van der Waals surface area contributed by atoms with E-state index in [-0.39, 0.29) is 24.2 Å². The average molecular weight is 466 g/mol. The SMILES string of the molecule is Nc1ccccc1NC(=O)c1ccc(CNC(=O)/C(=C/c2ccc(F)cc2)c2ccccc2)cc1. The molecule has 0 saturated carbocycles. The molecule has 5 nitrogen and oxygen atoms in total. The third kappa shape index (κ3) is 6.21. The molecule has 4 N–H and O–H groups in total. The van der Waals surface area contributed by atoms with E-state index in [1.165, 1.54) is 12.1 Å². The van der Waals surface area contributed by atoms with E-state index in [1.807, 2.05) is 30.3 Å². The third-order valence-corrected chi connectivity index (χ3v) is 5.39. The molecule has 0 bridgehead atoms. The van der Waals surface area contributed by atoms with Crippen molar-refractivity contribution in [3.05, 3.63) is 131 Å². The van der Waals surface area contributed by atoms with Gasteiger partial charge in [0.15, 0.2) is 0 Å². The molecular formula is C29H24FN3O2. The van der Waals surface area contributed by atoms with E-state index >= 15 is 0 Å². The molecule has 4 rings (SSSR count). The van der Waals surface area contributed by atoms with Crippen molar-refractivity contribution in [1.82, 2.24) is 5.32 Å². The molecule has 0 heterocycles. The summed E-state index contributed by atoms with van der Waals surface area (Å²) in [4.78, 5) is 25.6. The quantitative estimate of drug-likeness (QED) is 0.191. The minimum atomic E-state index is -0.336. The van der Waals surface area contributed by atoms with Crippen LogP contribution >= 0.6 is 0 Å². The van der Waals surface area contributed by atoms with Crippen LogP contribution in [0.5, 0.6) is 0 Å². The van der Waals surface area contributed by atoms with Crippen molar-refractivity contribution in [2.75, 3.05) is 11.1 Å². The number of nitrogen functional groups attached to an aromatic ring is 1. The van der Waals surface area contributed by atoms with Gasteiger partial charge in [0.1, 0.15) is 5.82 Å². The van der Waals surface area contributed by atoms with Crippen molar-refractivity contribution >= 4 is 34.8 Å². The van der Waals surface area contributed by atoms with Crippen molar-refractivity contribution in [2.45, 2.75) is 6.54 Å². The van der Waals surface area contributed by atoms with Gasteiger partial charge in [-0.05, 0) is 59.2 Å². The lowest BCUT2D eigenvalue weighted by molar-refractivity contribution is -0.115. The van der Waals surface area contributed by atoms with Crippen LogP contribution in [0.15, 0.2) is 103 Å². The second-order valence-electron chi connectivity index (χ2n) is 7.90. The number of nitrogens with two attached hydrogens (primary N) is 1. The van der Waals surface area contributed by atoms with Gasteiger partial charge in [-0.3, -0.25) is 9.59 Å². The summed E-state index contributed by atoms with van der Waals surface area (Å²) in [6.45, 7) is 0.278. The van der Waals surface area contributed by atoms with Crippen LogP contribution in [0.1, 0.15) is 27.0 Å². The number of para-hydroxylation sites is 2. The van der Waals surface area contributed by atoms with Gasteiger partial charge >= 0.3 is 0 Å². The highest BCUT2D eigenvalue weighted by Gasteiger charge is 2.13. The van der Waals surface area contributed by atoms with Crippen molar-refractivity contribution in [1.29, 1.82) is 0 Å². The van der Waals surface area contributed by atoms with Crippen LogP contribution in [0.25, 0.3) is 11.6 Å². The minimum Gasteiger partial charge on any atom is -0.397 e. The van der Waals surface area contributed by atoms with Crippen molar-refractivity contribution in [2.24, 2.45) is 0 Å². The van der Waals surface area contributed by atoms with E-state index < -0.39 is 0 Å².